The van der Waals surface area contributed by atoms with Crippen LogP contribution in [0.1, 0.15) is 28.7 Å². The van der Waals surface area contributed by atoms with E-state index in [2.05, 4.69) is 25.0 Å². The lowest BCUT2D eigenvalue weighted by Gasteiger charge is -2.33. The number of pyridine rings is 1. The van der Waals surface area contributed by atoms with Crippen LogP contribution >= 0.6 is 0 Å². The second kappa shape index (κ2) is 6.04. The van der Waals surface area contributed by atoms with Crippen LogP contribution in [-0.2, 0) is 12.6 Å². The Balaban J connectivity index is 1.69. The molecular formula is C18H14F3N7. The van der Waals surface area contributed by atoms with Crippen molar-refractivity contribution in [2.75, 3.05) is 11.4 Å². The molecular weight excluding hydrogens is 371 g/mol. The van der Waals surface area contributed by atoms with E-state index in [1.54, 1.807) is 24.8 Å². The highest BCUT2D eigenvalue weighted by Crippen LogP contribution is 2.37. The first-order chi connectivity index (χ1) is 13.5. The van der Waals surface area contributed by atoms with Crippen molar-refractivity contribution in [1.82, 2.24) is 29.5 Å². The third-order valence-corrected chi connectivity index (χ3v) is 4.84. The number of hydrogen-bond donors (Lipinski definition) is 1. The Hall–Kier alpha value is -3.43. The van der Waals surface area contributed by atoms with Gasteiger partial charge in [0.05, 0.1) is 28.8 Å². The van der Waals surface area contributed by atoms with E-state index in [4.69, 9.17) is 0 Å². The molecule has 7 nitrogen and oxygen atoms in total. The van der Waals surface area contributed by atoms with Gasteiger partial charge < -0.3 is 9.88 Å². The van der Waals surface area contributed by atoms with Gasteiger partial charge in [-0.3, -0.25) is 0 Å². The molecule has 0 aromatic carbocycles. The zero-order chi connectivity index (χ0) is 19.3. The third kappa shape index (κ3) is 2.60. The lowest BCUT2D eigenvalue weighted by molar-refractivity contribution is -0.136. The number of rotatable bonds is 2. The molecule has 28 heavy (non-hydrogen) atoms. The Morgan fingerprint density at radius 3 is 2.71 bits per heavy atom. The molecule has 0 spiro atoms. The van der Waals surface area contributed by atoms with Gasteiger partial charge in [-0.15, -0.1) is 0 Å². The summed E-state index contributed by atoms with van der Waals surface area (Å²) in [6.45, 7) is 0.587. The van der Waals surface area contributed by atoms with Crippen LogP contribution in [0.5, 0.6) is 0 Å². The Kier molecular flexibility index (Phi) is 3.61. The number of nitrogens with zero attached hydrogens (tertiary/aromatic N) is 6. The van der Waals surface area contributed by atoms with Crippen LogP contribution in [0.2, 0.25) is 0 Å². The second-order valence-electron chi connectivity index (χ2n) is 6.48. The van der Waals surface area contributed by atoms with E-state index >= 15 is 0 Å². The van der Waals surface area contributed by atoms with Crippen LogP contribution in [0.25, 0.3) is 5.52 Å². The maximum atomic E-state index is 13.4. The summed E-state index contributed by atoms with van der Waals surface area (Å²) in [5.41, 5.74) is 1.38. The fourth-order valence-electron chi connectivity index (χ4n) is 3.64. The zero-order valence-electron chi connectivity index (χ0n) is 14.4. The molecule has 0 bridgehead atoms. The Labute approximate surface area is 156 Å². The molecule has 5 heterocycles. The number of nitrogens with one attached hydrogen (secondary N) is 1. The van der Waals surface area contributed by atoms with Crippen molar-refractivity contribution >= 4 is 11.5 Å². The summed E-state index contributed by atoms with van der Waals surface area (Å²) in [4.78, 5) is 18.0. The zero-order valence-corrected chi connectivity index (χ0v) is 14.4. The van der Waals surface area contributed by atoms with Gasteiger partial charge in [-0.25, -0.2) is 19.5 Å². The summed E-state index contributed by atoms with van der Waals surface area (Å²) in [6.07, 6.45) is 2.59. The van der Waals surface area contributed by atoms with Gasteiger partial charge >= 0.3 is 6.18 Å². The van der Waals surface area contributed by atoms with Gasteiger partial charge in [0.2, 0.25) is 5.95 Å². The van der Waals surface area contributed by atoms with E-state index < -0.39 is 17.8 Å². The molecule has 1 N–H and O–H groups in total. The number of aromatic amines is 1. The lowest BCUT2D eigenvalue weighted by atomic mass is 10.00. The highest BCUT2D eigenvalue weighted by molar-refractivity contribution is 5.58. The summed E-state index contributed by atoms with van der Waals surface area (Å²) < 4.78 is 41.5. The first kappa shape index (κ1) is 16.7. The summed E-state index contributed by atoms with van der Waals surface area (Å²) in [6, 6.07) is 5.08. The van der Waals surface area contributed by atoms with E-state index in [1.807, 2.05) is 4.90 Å². The number of H-pyrrole nitrogens is 1. The fourth-order valence-corrected chi connectivity index (χ4v) is 3.64. The van der Waals surface area contributed by atoms with Crippen LogP contribution < -0.4 is 4.90 Å². The number of anilines is 1. The van der Waals surface area contributed by atoms with Crippen molar-refractivity contribution < 1.29 is 13.2 Å². The van der Waals surface area contributed by atoms with Crippen molar-refractivity contribution in [1.29, 1.82) is 0 Å². The van der Waals surface area contributed by atoms with E-state index in [1.165, 1.54) is 22.8 Å². The molecule has 0 saturated carbocycles. The molecule has 1 aliphatic heterocycles. The van der Waals surface area contributed by atoms with Crippen molar-refractivity contribution in [2.24, 2.45) is 0 Å². The first-order valence-corrected chi connectivity index (χ1v) is 8.63. The molecule has 0 amide bonds. The highest BCUT2D eigenvalue weighted by atomic mass is 19.4. The van der Waals surface area contributed by atoms with Crippen LogP contribution in [0, 0.1) is 0 Å². The molecule has 10 heteroatoms. The quantitative estimate of drug-likeness (QED) is 0.574. The topological polar surface area (TPSA) is 75.0 Å². The minimum Gasteiger partial charge on any atom is -0.348 e. The average molecular weight is 385 g/mol. The van der Waals surface area contributed by atoms with Gasteiger partial charge in [0.15, 0.2) is 0 Å². The molecule has 142 valence electrons. The highest BCUT2D eigenvalue weighted by Gasteiger charge is 2.37. The number of fused-ring (bicyclic) bond motifs is 2. The minimum absolute atomic E-state index is 0.00147. The average Bonchev–Trinajstić information content (AvgIpc) is 3.33. The summed E-state index contributed by atoms with van der Waals surface area (Å²) in [5.74, 6) is 0.481. The first-order valence-electron chi connectivity index (χ1n) is 8.63. The normalized spacial score (nSPS) is 17.1. The smallest absolute Gasteiger partial charge is 0.348 e. The van der Waals surface area contributed by atoms with Gasteiger partial charge in [-0.05, 0) is 24.3 Å². The van der Waals surface area contributed by atoms with Crippen molar-refractivity contribution in [3.05, 3.63) is 71.8 Å². The van der Waals surface area contributed by atoms with Crippen LogP contribution in [0.3, 0.4) is 0 Å². The van der Waals surface area contributed by atoms with Crippen LogP contribution in [-0.4, -0.2) is 36.1 Å². The van der Waals surface area contributed by atoms with Gasteiger partial charge in [-0.1, -0.05) is 0 Å². The molecule has 0 fully saturated rings. The Bertz CT molecular complexity index is 1130. The van der Waals surface area contributed by atoms with Gasteiger partial charge in [0.1, 0.15) is 6.04 Å². The number of halogens is 3. The number of imidazole rings is 1. The van der Waals surface area contributed by atoms with Gasteiger partial charge in [-0.2, -0.15) is 18.3 Å². The Morgan fingerprint density at radius 1 is 1.11 bits per heavy atom. The molecule has 1 atom stereocenters. The summed E-state index contributed by atoms with van der Waals surface area (Å²) in [7, 11) is 0. The third-order valence-electron chi connectivity index (χ3n) is 4.84. The predicted molar refractivity (Wildman–Crippen MR) is 93.7 cm³/mol. The SMILES string of the molecule is FC(F)(F)c1cccn2nc([C@@H]3c4nc[nH]c4CCN3c3ncccn3)cc12. The molecule has 0 saturated heterocycles. The Morgan fingerprint density at radius 2 is 1.93 bits per heavy atom. The molecule has 4 aromatic rings. The molecule has 0 radical (unpaired) electrons. The largest absolute Gasteiger partial charge is 0.418 e. The van der Waals surface area contributed by atoms with E-state index in [0.717, 1.165) is 17.5 Å². The van der Waals surface area contributed by atoms with E-state index in [9.17, 15) is 13.2 Å². The van der Waals surface area contributed by atoms with E-state index in [-0.39, 0.29) is 5.52 Å². The van der Waals surface area contributed by atoms with E-state index in [0.29, 0.717) is 24.6 Å². The molecule has 5 rings (SSSR count). The van der Waals surface area contributed by atoms with Crippen molar-refractivity contribution in [3.8, 4) is 0 Å². The molecule has 1 aliphatic rings. The maximum Gasteiger partial charge on any atom is 0.418 e. The standard InChI is InChI=1S/C18H14F3N7/c19-18(20,21)11-3-1-7-28-14(11)9-13(26-28)16-15-12(24-10-25-15)4-8-27(16)17-22-5-2-6-23-17/h1-3,5-7,9-10,16H,4,8H2,(H,24,25)/t16-/m1/s1. The minimum atomic E-state index is -4.47. The number of alkyl halides is 3. The molecule has 0 unspecified atom stereocenters. The summed E-state index contributed by atoms with van der Waals surface area (Å²) in [5, 5.41) is 4.43. The van der Waals surface area contributed by atoms with Gasteiger partial charge in [0, 0.05) is 37.3 Å². The molecule has 0 aliphatic carbocycles. The lowest BCUT2D eigenvalue weighted by Crippen LogP contribution is -2.37. The monoisotopic (exact) mass is 385 g/mol. The second-order valence-corrected chi connectivity index (χ2v) is 6.48. The predicted octanol–water partition coefficient (Wildman–Crippen LogP) is 3.02. The maximum absolute atomic E-state index is 13.4. The van der Waals surface area contributed by atoms with Crippen molar-refractivity contribution in [3.63, 3.8) is 0 Å². The number of hydrogen-bond acceptors (Lipinski definition) is 5. The van der Waals surface area contributed by atoms with Crippen molar-refractivity contribution in [2.45, 2.75) is 18.6 Å². The van der Waals surface area contributed by atoms with Crippen LogP contribution in [0.4, 0.5) is 19.1 Å². The number of aromatic nitrogens is 6. The van der Waals surface area contributed by atoms with Crippen LogP contribution in [0.15, 0.2) is 49.2 Å². The summed E-state index contributed by atoms with van der Waals surface area (Å²) >= 11 is 0. The molecule has 4 aromatic heterocycles. The fraction of sp³-hybridized carbons (Fsp3) is 0.222. The van der Waals surface area contributed by atoms with Gasteiger partial charge in [0.25, 0.3) is 0 Å².